The summed E-state index contributed by atoms with van der Waals surface area (Å²) in [7, 11) is 0. The molecule has 1 aromatic rings. The molecule has 0 saturated heterocycles. The maximum atomic E-state index is 12.3. The Morgan fingerprint density at radius 1 is 1.05 bits per heavy atom. The number of carboxylic acid groups (broad SMARTS) is 1. The number of rotatable bonds is 5. The Morgan fingerprint density at radius 2 is 1.64 bits per heavy atom. The minimum atomic E-state index is -1.10. The van der Waals surface area contributed by atoms with E-state index in [1.807, 2.05) is 0 Å². The van der Waals surface area contributed by atoms with Crippen molar-refractivity contribution >= 4 is 40.8 Å². The van der Waals surface area contributed by atoms with Crippen LogP contribution in [0.15, 0.2) is 18.2 Å². The number of anilines is 1. The summed E-state index contributed by atoms with van der Waals surface area (Å²) in [6.45, 7) is 0. The second-order valence-electron chi connectivity index (χ2n) is 5.99. The molecule has 1 fully saturated rings. The molecule has 22 heavy (non-hydrogen) atoms. The minimum absolute atomic E-state index is 0.0727. The first-order valence-corrected chi connectivity index (χ1v) is 8.10. The SMILES string of the molecule is O=C([O-])CC1(CC(=O)Nc2cc(Cl)cc(Cl)c2)CCCCC1. The molecule has 120 valence electrons. The molecule has 0 radical (unpaired) electrons. The van der Waals surface area contributed by atoms with Gasteiger partial charge in [-0.05, 0) is 42.9 Å². The van der Waals surface area contributed by atoms with E-state index >= 15 is 0 Å². The Kier molecular flexibility index (Phi) is 5.70. The number of benzene rings is 1. The van der Waals surface area contributed by atoms with Gasteiger partial charge in [0.2, 0.25) is 5.91 Å². The quantitative estimate of drug-likeness (QED) is 0.891. The highest BCUT2D eigenvalue weighted by molar-refractivity contribution is 6.35. The van der Waals surface area contributed by atoms with Gasteiger partial charge in [-0.1, -0.05) is 42.5 Å². The molecule has 1 aliphatic rings. The third kappa shape index (κ3) is 4.89. The summed E-state index contributed by atoms with van der Waals surface area (Å²) in [5.74, 6) is -1.32. The smallest absolute Gasteiger partial charge is 0.224 e. The molecule has 1 aliphatic carbocycles. The molecular formula is C16H18Cl2NO3-. The van der Waals surface area contributed by atoms with Crippen LogP contribution in [0.2, 0.25) is 10.0 Å². The summed E-state index contributed by atoms with van der Waals surface area (Å²) >= 11 is 11.8. The van der Waals surface area contributed by atoms with Crippen LogP contribution in [-0.2, 0) is 9.59 Å². The number of hydrogen-bond donors (Lipinski definition) is 1. The number of aliphatic carboxylic acids is 1. The summed E-state index contributed by atoms with van der Waals surface area (Å²) < 4.78 is 0. The van der Waals surface area contributed by atoms with Crippen LogP contribution in [0.5, 0.6) is 0 Å². The van der Waals surface area contributed by atoms with E-state index < -0.39 is 11.4 Å². The van der Waals surface area contributed by atoms with Crippen LogP contribution in [0.25, 0.3) is 0 Å². The standard InChI is InChI=1S/C16H19Cl2NO3/c17-11-6-12(18)8-13(7-11)19-14(20)9-16(10-15(21)22)4-2-1-3-5-16/h6-8H,1-5,9-10H2,(H,19,20)(H,21,22)/p-1. The van der Waals surface area contributed by atoms with Crippen LogP contribution in [-0.4, -0.2) is 11.9 Å². The molecule has 0 unspecified atom stereocenters. The van der Waals surface area contributed by atoms with Crippen molar-refractivity contribution in [2.45, 2.75) is 44.9 Å². The molecule has 1 saturated carbocycles. The summed E-state index contributed by atoms with van der Waals surface area (Å²) in [4.78, 5) is 23.3. The fraction of sp³-hybridized carbons (Fsp3) is 0.500. The van der Waals surface area contributed by atoms with Crippen molar-refractivity contribution in [2.75, 3.05) is 5.32 Å². The average Bonchev–Trinajstić information content (AvgIpc) is 2.36. The largest absolute Gasteiger partial charge is 0.550 e. The zero-order chi connectivity index (χ0) is 16.2. The summed E-state index contributed by atoms with van der Waals surface area (Å²) in [5, 5.41) is 14.6. The molecule has 0 heterocycles. The first-order chi connectivity index (χ1) is 10.4. The highest BCUT2D eigenvalue weighted by atomic mass is 35.5. The van der Waals surface area contributed by atoms with Crippen molar-refractivity contribution in [3.8, 4) is 0 Å². The molecule has 0 spiro atoms. The van der Waals surface area contributed by atoms with E-state index in [4.69, 9.17) is 23.2 Å². The van der Waals surface area contributed by atoms with Crippen molar-refractivity contribution in [3.05, 3.63) is 28.2 Å². The van der Waals surface area contributed by atoms with Crippen molar-refractivity contribution < 1.29 is 14.7 Å². The van der Waals surface area contributed by atoms with Gasteiger partial charge < -0.3 is 15.2 Å². The average molecular weight is 343 g/mol. The van der Waals surface area contributed by atoms with E-state index in [0.717, 1.165) is 32.1 Å². The van der Waals surface area contributed by atoms with Crippen molar-refractivity contribution in [1.29, 1.82) is 0 Å². The minimum Gasteiger partial charge on any atom is -0.550 e. The molecule has 2 rings (SSSR count). The monoisotopic (exact) mass is 342 g/mol. The zero-order valence-corrected chi connectivity index (χ0v) is 13.7. The van der Waals surface area contributed by atoms with Crippen LogP contribution in [0.4, 0.5) is 5.69 Å². The summed E-state index contributed by atoms with van der Waals surface area (Å²) in [6.07, 6.45) is 4.56. The van der Waals surface area contributed by atoms with E-state index in [0.29, 0.717) is 15.7 Å². The van der Waals surface area contributed by atoms with Gasteiger partial charge in [0.25, 0.3) is 0 Å². The molecule has 1 N–H and O–H groups in total. The van der Waals surface area contributed by atoms with Gasteiger partial charge in [0.15, 0.2) is 0 Å². The fourth-order valence-electron chi connectivity index (χ4n) is 3.20. The van der Waals surface area contributed by atoms with Crippen LogP contribution >= 0.6 is 23.2 Å². The second kappa shape index (κ2) is 7.34. The summed E-state index contributed by atoms with van der Waals surface area (Å²) in [5.41, 5.74) is 0.0192. The molecular weight excluding hydrogens is 325 g/mol. The number of carboxylic acids is 1. The number of carbonyl (C=O) groups is 2. The lowest BCUT2D eigenvalue weighted by atomic mass is 9.69. The Balaban J connectivity index is 2.05. The Bertz CT molecular complexity index is 548. The van der Waals surface area contributed by atoms with E-state index in [2.05, 4.69) is 5.32 Å². The summed E-state index contributed by atoms with van der Waals surface area (Å²) in [6, 6.07) is 4.80. The van der Waals surface area contributed by atoms with E-state index in [1.54, 1.807) is 18.2 Å². The van der Waals surface area contributed by atoms with Crippen LogP contribution < -0.4 is 10.4 Å². The van der Waals surface area contributed by atoms with Crippen molar-refractivity contribution in [1.82, 2.24) is 0 Å². The molecule has 4 nitrogen and oxygen atoms in total. The predicted molar refractivity (Wildman–Crippen MR) is 84.9 cm³/mol. The van der Waals surface area contributed by atoms with Crippen molar-refractivity contribution in [2.24, 2.45) is 5.41 Å². The third-order valence-electron chi connectivity index (χ3n) is 4.12. The fourth-order valence-corrected chi connectivity index (χ4v) is 3.72. The first kappa shape index (κ1) is 17.1. The van der Waals surface area contributed by atoms with Gasteiger partial charge in [0.1, 0.15) is 0 Å². The predicted octanol–water partition coefficient (Wildman–Crippen LogP) is 3.41. The molecule has 0 aliphatic heterocycles. The number of hydrogen-bond acceptors (Lipinski definition) is 3. The van der Waals surface area contributed by atoms with Gasteiger partial charge in [0, 0.05) is 28.1 Å². The lowest BCUT2D eigenvalue weighted by Crippen LogP contribution is -2.36. The first-order valence-electron chi connectivity index (χ1n) is 7.34. The normalized spacial score (nSPS) is 17.0. The Morgan fingerprint density at radius 3 is 2.18 bits per heavy atom. The van der Waals surface area contributed by atoms with Crippen LogP contribution in [0.1, 0.15) is 44.9 Å². The number of halogens is 2. The molecule has 6 heteroatoms. The van der Waals surface area contributed by atoms with Gasteiger partial charge in [-0.15, -0.1) is 0 Å². The van der Waals surface area contributed by atoms with Gasteiger partial charge in [-0.3, -0.25) is 4.79 Å². The lowest BCUT2D eigenvalue weighted by molar-refractivity contribution is -0.308. The molecule has 0 bridgehead atoms. The topological polar surface area (TPSA) is 69.2 Å². The highest BCUT2D eigenvalue weighted by Gasteiger charge is 2.34. The number of amides is 1. The molecule has 0 aromatic heterocycles. The Hall–Kier alpha value is -1.26. The van der Waals surface area contributed by atoms with Gasteiger partial charge in [-0.25, -0.2) is 0 Å². The third-order valence-corrected chi connectivity index (χ3v) is 4.55. The number of carbonyl (C=O) groups excluding carboxylic acids is 2. The van der Waals surface area contributed by atoms with E-state index in [1.165, 1.54) is 0 Å². The lowest BCUT2D eigenvalue weighted by Gasteiger charge is -2.37. The van der Waals surface area contributed by atoms with Gasteiger partial charge in [0.05, 0.1) is 0 Å². The van der Waals surface area contributed by atoms with Crippen LogP contribution in [0.3, 0.4) is 0 Å². The second-order valence-corrected chi connectivity index (χ2v) is 6.87. The van der Waals surface area contributed by atoms with E-state index in [-0.39, 0.29) is 18.7 Å². The number of nitrogens with one attached hydrogen (secondary N) is 1. The van der Waals surface area contributed by atoms with Crippen molar-refractivity contribution in [3.63, 3.8) is 0 Å². The molecule has 1 aromatic carbocycles. The maximum Gasteiger partial charge on any atom is 0.224 e. The Labute approximate surface area is 139 Å². The van der Waals surface area contributed by atoms with Gasteiger partial charge >= 0.3 is 0 Å². The van der Waals surface area contributed by atoms with Gasteiger partial charge in [-0.2, -0.15) is 0 Å². The molecule has 0 atom stereocenters. The van der Waals surface area contributed by atoms with Crippen LogP contribution in [0, 0.1) is 5.41 Å². The maximum absolute atomic E-state index is 12.3. The highest BCUT2D eigenvalue weighted by Crippen LogP contribution is 2.42. The zero-order valence-electron chi connectivity index (χ0n) is 12.2. The molecule has 1 amide bonds. The van der Waals surface area contributed by atoms with E-state index in [9.17, 15) is 14.7 Å².